The first-order chi connectivity index (χ1) is 5.75. The average molecular weight is 165 g/mol. The van der Waals surface area contributed by atoms with E-state index in [1.807, 2.05) is 11.9 Å². The molecule has 0 saturated heterocycles. The van der Waals surface area contributed by atoms with Gasteiger partial charge in [-0.2, -0.15) is 10.4 Å². The van der Waals surface area contributed by atoms with Crippen molar-refractivity contribution in [2.24, 2.45) is 0 Å². The summed E-state index contributed by atoms with van der Waals surface area (Å²) in [6.07, 6.45) is 2.13. The standard InChI is InChI=1S/C7H11N5/c1-12(4-2-3-8)6-5-10-11-7(6)9/h5H,2,4H2,1H3,(H3,9,10,11). The molecule has 0 saturated carbocycles. The number of nitrogens with one attached hydrogen (secondary N) is 1. The molecule has 0 fully saturated rings. The van der Waals surface area contributed by atoms with Crippen LogP contribution in [-0.4, -0.2) is 23.8 Å². The van der Waals surface area contributed by atoms with Crippen molar-refractivity contribution < 1.29 is 0 Å². The number of hydrogen-bond acceptors (Lipinski definition) is 4. The van der Waals surface area contributed by atoms with Gasteiger partial charge in [0.2, 0.25) is 0 Å². The van der Waals surface area contributed by atoms with Gasteiger partial charge in [-0.3, -0.25) is 5.10 Å². The third-order valence-corrected chi connectivity index (χ3v) is 1.62. The van der Waals surface area contributed by atoms with Gasteiger partial charge in [0.15, 0.2) is 0 Å². The number of nitrogen functional groups attached to an aromatic ring is 1. The number of aromatic nitrogens is 2. The lowest BCUT2D eigenvalue weighted by Gasteiger charge is -2.15. The molecule has 0 radical (unpaired) electrons. The van der Waals surface area contributed by atoms with E-state index in [2.05, 4.69) is 16.3 Å². The molecule has 5 heteroatoms. The minimum absolute atomic E-state index is 0.487. The van der Waals surface area contributed by atoms with E-state index in [0.717, 1.165) is 5.69 Å². The maximum atomic E-state index is 8.35. The molecule has 0 aliphatic rings. The average Bonchev–Trinajstić information content (AvgIpc) is 2.47. The largest absolute Gasteiger partial charge is 0.382 e. The molecule has 1 aromatic rings. The Kier molecular flexibility index (Phi) is 2.53. The fourth-order valence-corrected chi connectivity index (χ4v) is 0.932. The van der Waals surface area contributed by atoms with Gasteiger partial charge in [-0.05, 0) is 0 Å². The van der Waals surface area contributed by atoms with Crippen molar-refractivity contribution in [2.75, 3.05) is 24.2 Å². The molecule has 0 amide bonds. The van der Waals surface area contributed by atoms with Crippen molar-refractivity contribution >= 4 is 11.5 Å². The molecule has 0 bridgehead atoms. The van der Waals surface area contributed by atoms with Crippen LogP contribution in [0.2, 0.25) is 0 Å². The SMILES string of the molecule is CN(CCC#N)c1cn[nH]c1N. The van der Waals surface area contributed by atoms with Crippen molar-refractivity contribution in [3.05, 3.63) is 6.20 Å². The highest BCUT2D eigenvalue weighted by Gasteiger charge is 2.05. The first-order valence-electron chi connectivity index (χ1n) is 3.62. The molecule has 0 aliphatic heterocycles. The lowest BCUT2D eigenvalue weighted by Crippen LogP contribution is -2.18. The predicted octanol–water partition coefficient (Wildman–Crippen LogP) is 0.342. The van der Waals surface area contributed by atoms with Crippen LogP contribution in [0, 0.1) is 11.3 Å². The van der Waals surface area contributed by atoms with E-state index >= 15 is 0 Å². The maximum Gasteiger partial charge on any atom is 0.142 e. The number of hydrogen-bond donors (Lipinski definition) is 2. The smallest absolute Gasteiger partial charge is 0.142 e. The van der Waals surface area contributed by atoms with Gasteiger partial charge in [-0.25, -0.2) is 0 Å². The Bertz CT molecular complexity index is 284. The molecular weight excluding hydrogens is 154 g/mol. The van der Waals surface area contributed by atoms with Crippen LogP contribution in [0.4, 0.5) is 11.5 Å². The molecule has 12 heavy (non-hydrogen) atoms. The zero-order chi connectivity index (χ0) is 8.97. The normalized spacial score (nSPS) is 9.33. The number of rotatable bonds is 3. The highest BCUT2D eigenvalue weighted by molar-refractivity contribution is 5.61. The molecule has 64 valence electrons. The minimum Gasteiger partial charge on any atom is -0.382 e. The van der Waals surface area contributed by atoms with Crippen molar-refractivity contribution in [2.45, 2.75) is 6.42 Å². The number of H-pyrrole nitrogens is 1. The minimum atomic E-state index is 0.487. The summed E-state index contributed by atoms with van der Waals surface area (Å²) in [5, 5.41) is 14.8. The van der Waals surface area contributed by atoms with Crippen LogP contribution < -0.4 is 10.6 Å². The number of anilines is 2. The van der Waals surface area contributed by atoms with Crippen LogP contribution in [0.25, 0.3) is 0 Å². The second-order valence-electron chi connectivity index (χ2n) is 2.50. The summed E-state index contributed by atoms with van der Waals surface area (Å²) < 4.78 is 0. The van der Waals surface area contributed by atoms with E-state index in [4.69, 9.17) is 11.0 Å². The summed E-state index contributed by atoms with van der Waals surface area (Å²) in [4.78, 5) is 1.89. The van der Waals surface area contributed by atoms with Crippen molar-refractivity contribution in [3.8, 4) is 6.07 Å². The molecule has 0 unspecified atom stereocenters. The molecule has 1 heterocycles. The van der Waals surface area contributed by atoms with E-state index in [1.165, 1.54) is 0 Å². The molecule has 5 nitrogen and oxygen atoms in total. The van der Waals surface area contributed by atoms with Crippen LogP contribution in [0.15, 0.2) is 6.20 Å². The van der Waals surface area contributed by atoms with E-state index in [1.54, 1.807) is 6.20 Å². The Morgan fingerprint density at radius 2 is 2.58 bits per heavy atom. The topological polar surface area (TPSA) is 81.7 Å². The third-order valence-electron chi connectivity index (χ3n) is 1.62. The first-order valence-corrected chi connectivity index (χ1v) is 3.62. The van der Waals surface area contributed by atoms with Crippen LogP contribution in [0.5, 0.6) is 0 Å². The monoisotopic (exact) mass is 165 g/mol. The Morgan fingerprint density at radius 1 is 1.83 bits per heavy atom. The van der Waals surface area contributed by atoms with Gasteiger partial charge in [0.25, 0.3) is 0 Å². The van der Waals surface area contributed by atoms with Crippen LogP contribution in [0.3, 0.4) is 0 Å². The molecular formula is C7H11N5. The van der Waals surface area contributed by atoms with Crippen LogP contribution in [0.1, 0.15) is 6.42 Å². The highest BCUT2D eigenvalue weighted by atomic mass is 15.2. The zero-order valence-electron chi connectivity index (χ0n) is 6.91. The maximum absolute atomic E-state index is 8.35. The predicted molar refractivity (Wildman–Crippen MR) is 46.5 cm³/mol. The summed E-state index contributed by atoms with van der Waals surface area (Å²) in [6.45, 7) is 0.667. The lowest BCUT2D eigenvalue weighted by molar-refractivity contribution is 0.907. The summed E-state index contributed by atoms with van der Waals surface area (Å²) >= 11 is 0. The number of nitrogens with two attached hydrogens (primary N) is 1. The molecule has 1 aromatic heterocycles. The van der Waals surface area contributed by atoms with Gasteiger partial charge in [0.1, 0.15) is 5.82 Å². The molecule has 0 aromatic carbocycles. The van der Waals surface area contributed by atoms with Gasteiger partial charge >= 0.3 is 0 Å². The van der Waals surface area contributed by atoms with E-state index in [0.29, 0.717) is 18.8 Å². The summed E-state index contributed by atoms with van der Waals surface area (Å²) in [5.41, 5.74) is 6.41. The van der Waals surface area contributed by atoms with E-state index in [9.17, 15) is 0 Å². The molecule has 0 aliphatic carbocycles. The van der Waals surface area contributed by atoms with Gasteiger partial charge in [-0.1, -0.05) is 0 Å². The molecule has 3 N–H and O–H groups in total. The Labute approximate surface area is 70.8 Å². The van der Waals surface area contributed by atoms with Crippen LogP contribution >= 0.6 is 0 Å². The molecule has 0 spiro atoms. The molecule has 1 rings (SSSR count). The van der Waals surface area contributed by atoms with E-state index < -0.39 is 0 Å². The van der Waals surface area contributed by atoms with Crippen LogP contribution in [-0.2, 0) is 0 Å². The van der Waals surface area contributed by atoms with Gasteiger partial charge < -0.3 is 10.6 Å². The van der Waals surface area contributed by atoms with Crippen molar-refractivity contribution in [3.63, 3.8) is 0 Å². The third kappa shape index (κ3) is 1.66. The number of nitriles is 1. The van der Waals surface area contributed by atoms with Gasteiger partial charge in [0.05, 0.1) is 24.4 Å². The zero-order valence-corrected chi connectivity index (χ0v) is 6.91. The van der Waals surface area contributed by atoms with Gasteiger partial charge in [-0.15, -0.1) is 0 Å². The summed E-state index contributed by atoms with van der Waals surface area (Å²) in [6, 6.07) is 2.07. The highest BCUT2D eigenvalue weighted by Crippen LogP contribution is 2.17. The number of aromatic amines is 1. The number of nitrogens with zero attached hydrogens (tertiary/aromatic N) is 3. The molecule has 0 atom stereocenters. The quantitative estimate of drug-likeness (QED) is 0.676. The van der Waals surface area contributed by atoms with E-state index in [-0.39, 0.29) is 0 Å². The second-order valence-corrected chi connectivity index (χ2v) is 2.50. The van der Waals surface area contributed by atoms with Crippen molar-refractivity contribution in [1.29, 1.82) is 5.26 Å². The Balaban J connectivity index is 2.60. The van der Waals surface area contributed by atoms with Gasteiger partial charge in [0, 0.05) is 13.6 Å². The van der Waals surface area contributed by atoms with Crippen molar-refractivity contribution in [1.82, 2.24) is 10.2 Å². The Morgan fingerprint density at radius 3 is 3.08 bits per heavy atom. The summed E-state index contributed by atoms with van der Waals surface area (Å²) in [5.74, 6) is 0.537. The Hall–Kier alpha value is -1.70. The fourth-order valence-electron chi connectivity index (χ4n) is 0.932. The lowest BCUT2D eigenvalue weighted by atomic mass is 10.4. The summed E-state index contributed by atoms with van der Waals surface area (Å²) in [7, 11) is 1.87. The fraction of sp³-hybridized carbons (Fsp3) is 0.429. The first kappa shape index (κ1) is 8.40. The second kappa shape index (κ2) is 3.62.